The summed E-state index contributed by atoms with van der Waals surface area (Å²) in [4.78, 5) is 28.4. The summed E-state index contributed by atoms with van der Waals surface area (Å²) < 4.78 is 5.31. The summed E-state index contributed by atoms with van der Waals surface area (Å²) >= 11 is 0. The second-order valence-corrected chi connectivity index (χ2v) is 6.71. The van der Waals surface area contributed by atoms with Gasteiger partial charge in [0.05, 0.1) is 6.04 Å². The molecule has 1 aromatic heterocycles. The van der Waals surface area contributed by atoms with Gasteiger partial charge in [0.25, 0.3) is 0 Å². The molecule has 1 unspecified atom stereocenters. The first-order chi connectivity index (χ1) is 13.6. The van der Waals surface area contributed by atoms with Crippen LogP contribution in [0.2, 0.25) is 0 Å². The van der Waals surface area contributed by atoms with E-state index in [0.29, 0.717) is 31.1 Å². The van der Waals surface area contributed by atoms with Crippen LogP contribution in [-0.4, -0.2) is 36.2 Å². The molecule has 1 saturated heterocycles. The Labute approximate surface area is 163 Å². The minimum absolute atomic E-state index is 0.119. The summed E-state index contributed by atoms with van der Waals surface area (Å²) in [6, 6.07) is 9.71. The lowest BCUT2D eigenvalue weighted by molar-refractivity contribution is -0.119. The minimum atomic E-state index is -0.579. The lowest BCUT2D eigenvalue weighted by atomic mass is 9.92. The van der Waals surface area contributed by atoms with Crippen LogP contribution in [0.5, 0.6) is 0 Å². The molecule has 8 heteroatoms. The maximum Gasteiger partial charge on any atom is 0.319 e. The Kier molecular flexibility index (Phi) is 6.94. The van der Waals surface area contributed by atoms with Gasteiger partial charge in [-0.25, -0.2) is 4.79 Å². The van der Waals surface area contributed by atoms with Crippen LogP contribution in [0.1, 0.15) is 18.4 Å². The van der Waals surface area contributed by atoms with Crippen molar-refractivity contribution in [1.29, 1.82) is 0 Å². The van der Waals surface area contributed by atoms with Crippen molar-refractivity contribution in [3.8, 4) is 0 Å². The number of ether oxygens (including phenoxy) is 1. The highest BCUT2D eigenvalue weighted by molar-refractivity contribution is 5.96. The molecule has 148 valence electrons. The summed E-state index contributed by atoms with van der Waals surface area (Å²) in [6.45, 7) is 1.67. The zero-order valence-corrected chi connectivity index (χ0v) is 15.6. The number of hydrogen-bond acceptors (Lipinski definition) is 5. The van der Waals surface area contributed by atoms with Crippen molar-refractivity contribution in [3.63, 3.8) is 0 Å². The summed E-state index contributed by atoms with van der Waals surface area (Å²) in [5, 5.41) is 8.35. The van der Waals surface area contributed by atoms with Crippen LogP contribution < -0.4 is 21.7 Å². The van der Waals surface area contributed by atoms with Crippen LogP contribution in [0.25, 0.3) is 0 Å². The van der Waals surface area contributed by atoms with Gasteiger partial charge in [0.2, 0.25) is 5.91 Å². The Morgan fingerprint density at radius 1 is 1.11 bits per heavy atom. The van der Waals surface area contributed by atoms with Crippen LogP contribution >= 0.6 is 0 Å². The molecule has 0 spiro atoms. The quantitative estimate of drug-likeness (QED) is 0.609. The van der Waals surface area contributed by atoms with E-state index in [9.17, 15) is 9.59 Å². The van der Waals surface area contributed by atoms with Crippen molar-refractivity contribution in [2.24, 2.45) is 11.7 Å². The van der Waals surface area contributed by atoms with Gasteiger partial charge in [0.15, 0.2) is 0 Å². The molecule has 2 aromatic rings. The first kappa shape index (κ1) is 19.8. The van der Waals surface area contributed by atoms with E-state index in [1.807, 2.05) is 12.1 Å². The Hall–Kier alpha value is -2.97. The standard InChI is InChI=1S/C20H25N5O3/c21-18(15-6-10-28-11-7-15)19(26)24-16-2-1-3-17(12-16)25-20(27)23-13-14-4-8-22-9-5-14/h1-5,8-9,12,15,18H,6-7,10-11,13,21H2,(H,24,26)(H2,23,25,27). The molecule has 2 heterocycles. The highest BCUT2D eigenvalue weighted by Gasteiger charge is 2.26. The first-order valence-electron chi connectivity index (χ1n) is 9.30. The molecule has 0 radical (unpaired) electrons. The number of benzene rings is 1. The van der Waals surface area contributed by atoms with Gasteiger partial charge in [-0.3, -0.25) is 9.78 Å². The monoisotopic (exact) mass is 383 g/mol. The number of rotatable bonds is 6. The maximum absolute atomic E-state index is 12.4. The van der Waals surface area contributed by atoms with Crippen molar-refractivity contribution >= 4 is 23.3 Å². The molecule has 0 bridgehead atoms. The molecule has 1 aromatic carbocycles. The largest absolute Gasteiger partial charge is 0.381 e. The number of carbonyl (C=O) groups is 2. The molecule has 0 saturated carbocycles. The molecule has 3 rings (SSSR count). The van der Waals surface area contributed by atoms with Gasteiger partial charge in [-0.1, -0.05) is 6.07 Å². The van der Waals surface area contributed by atoms with E-state index in [1.165, 1.54) is 0 Å². The Morgan fingerprint density at radius 3 is 2.50 bits per heavy atom. The van der Waals surface area contributed by atoms with Crippen molar-refractivity contribution in [1.82, 2.24) is 10.3 Å². The number of aromatic nitrogens is 1. The molecule has 0 aliphatic carbocycles. The third kappa shape index (κ3) is 5.77. The minimum Gasteiger partial charge on any atom is -0.381 e. The van der Waals surface area contributed by atoms with Gasteiger partial charge < -0.3 is 26.4 Å². The summed E-state index contributed by atoms with van der Waals surface area (Å²) in [5.41, 5.74) is 8.21. The van der Waals surface area contributed by atoms with E-state index in [0.717, 1.165) is 18.4 Å². The van der Waals surface area contributed by atoms with E-state index in [1.54, 1.807) is 36.7 Å². The molecular formula is C20H25N5O3. The van der Waals surface area contributed by atoms with Crippen LogP contribution in [0.15, 0.2) is 48.8 Å². The molecule has 5 N–H and O–H groups in total. The number of carbonyl (C=O) groups excluding carboxylic acids is 2. The lowest BCUT2D eigenvalue weighted by Crippen LogP contribution is -2.44. The van der Waals surface area contributed by atoms with Gasteiger partial charge in [0.1, 0.15) is 0 Å². The highest BCUT2D eigenvalue weighted by Crippen LogP contribution is 2.20. The molecule has 1 aliphatic heterocycles. The summed E-state index contributed by atoms with van der Waals surface area (Å²) in [5.74, 6) is -0.111. The maximum atomic E-state index is 12.4. The van der Waals surface area contributed by atoms with Gasteiger partial charge in [-0.2, -0.15) is 0 Å². The van der Waals surface area contributed by atoms with Crippen LogP contribution in [-0.2, 0) is 16.1 Å². The van der Waals surface area contributed by atoms with Crippen LogP contribution in [0.3, 0.4) is 0 Å². The summed E-state index contributed by atoms with van der Waals surface area (Å²) in [6.07, 6.45) is 4.92. The number of nitrogens with two attached hydrogens (primary N) is 1. The van der Waals surface area contributed by atoms with Crippen molar-refractivity contribution in [2.75, 3.05) is 23.8 Å². The number of pyridine rings is 1. The van der Waals surface area contributed by atoms with Crippen molar-refractivity contribution in [2.45, 2.75) is 25.4 Å². The predicted octanol–water partition coefficient (Wildman–Crippen LogP) is 2.10. The molecule has 3 amide bonds. The van der Waals surface area contributed by atoms with E-state index in [4.69, 9.17) is 10.5 Å². The fourth-order valence-corrected chi connectivity index (χ4v) is 3.05. The predicted molar refractivity (Wildman–Crippen MR) is 107 cm³/mol. The molecule has 1 atom stereocenters. The molecule has 8 nitrogen and oxygen atoms in total. The number of hydrogen-bond donors (Lipinski definition) is 4. The second-order valence-electron chi connectivity index (χ2n) is 6.71. The molecular weight excluding hydrogens is 358 g/mol. The number of urea groups is 1. The number of nitrogens with one attached hydrogen (secondary N) is 3. The molecule has 1 aliphatic rings. The van der Waals surface area contributed by atoms with E-state index in [-0.39, 0.29) is 17.9 Å². The van der Waals surface area contributed by atoms with Crippen LogP contribution in [0.4, 0.5) is 16.2 Å². The summed E-state index contributed by atoms with van der Waals surface area (Å²) in [7, 11) is 0. The normalized spacial score (nSPS) is 15.5. The van der Waals surface area contributed by atoms with Gasteiger partial charge in [0, 0.05) is 43.5 Å². The fraction of sp³-hybridized carbons (Fsp3) is 0.350. The lowest BCUT2D eigenvalue weighted by Gasteiger charge is -2.26. The number of anilines is 2. The topological polar surface area (TPSA) is 118 Å². The average Bonchev–Trinajstić information content (AvgIpc) is 2.73. The Balaban J connectivity index is 1.51. The van der Waals surface area contributed by atoms with E-state index in [2.05, 4.69) is 20.9 Å². The third-order valence-corrected chi connectivity index (χ3v) is 4.67. The van der Waals surface area contributed by atoms with Crippen LogP contribution in [0, 0.1) is 5.92 Å². The first-order valence-corrected chi connectivity index (χ1v) is 9.30. The van der Waals surface area contributed by atoms with E-state index < -0.39 is 6.04 Å². The average molecular weight is 383 g/mol. The Morgan fingerprint density at radius 2 is 1.79 bits per heavy atom. The van der Waals surface area contributed by atoms with Gasteiger partial charge in [-0.15, -0.1) is 0 Å². The van der Waals surface area contributed by atoms with E-state index >= 15 is 0 Å². The second kappa shape index (κ2) is 9.82. The zero-order valence-electron chi connectivity index (χ0n) is 15.6. The highest BCUT2D eigenvalue weighted by atomic mass is 16.5. The molecule has 28 heavy (non-hydrogen) atoms. The van der Waals surface area contributed by atoms with Crippen molar-refractivity contribution < 1.29 is 14.3 Å². The smallest absolute Gasteiger partial charge is 0.319 e. The Bertz CT molecular complexity index is 793. The van der Waals surface area contributed by atoms with Gasteiger partial charge >= 0.3 is 6.03 Å². The van der Waals surface area contributed by atoms with Crippen molar-refractivity contribution in [3.05, 3.63) is 54.4 Å². The number of nitrogens with zero attached hydrogens (tertiary/aromatic N) is 1. The SMILES string of the molecule is NC(C(=O)Nc1cccc(NC(=O)NCc2ccncc2)c1)C1CCOCC1. The molecule has 1 fully saturated rings. The third-order valence-electron chi connectivity index (χ3n) is 4.67. The zero-order chi connectivity index (χ0) is 19.8. The van der Waals surface area contributed by atoms with Gasteiger partial charge in [-0.05, 0) is 54.7 Å². The fourth-order valence-electron chi connectivity index (χ4n) is 3.05. The number of amides is 3.